The first-order chi connectivity index (χ1) is 15.1. The number of nitrogens with zero attached hydrogens (tertiary/aromatic N) is 2. The highest BCUT2D eigenvalue weighted by Crippen LogP contribution is 2.19. The van der Waals surface area contributed by atoms with Gasteiger partial charge < -0.3 is 19.9 Å². The second-order valence-corrected chi connectivity index (χ2v) is 7.66. The molecule has 0 atom stereocenters. The van der Waals surface area contributed by atoms with Crippen LogP contribution in [0.4, 0.5) is 5.69 Å². The summed E-state index contributed by atoms with van der Waals surface area (Å²) in [5, 5.41) is 6.14. The number of aryl methyl sites for hydroxylation is 1. The molecule has 1 saturated heterocycles. The van der Waals surface area contributed by atoms with Crippen LogP contribution in [0, 0.1) is 6.92 Å². The second-order valence-electron chi connectivity index (χ2n) is 7.66. The Balaban J connectivity index is 0.00000193. The molecule has 33 heavy (non-hydrogen) atoms. The monoisotopic (exact) mass is 490 g/mol. The lowest BCUT2D eigenvalue weighted by Gasteiger charge is -2.25. The maximum Gasteiger partial charge on any atom is 0.263 e. The van der Waals surface area contributed by atoms with Crippen molar-refractivity contribution in [2.45, 2.75) is 32.4 Å². The number of amides is 1. The normalized spacial score (nSPS) is 13.4. The molecule has 9 heteroatoms. The molecule has 176 valence electrons. The average Bonchev–Trinajstić information content (AvgIpc) is 2.80. The molecule has 1 aliphatic rings. The van der Waals surface area contributed by atoms with Crippen LogP contribution in [0.2, 0.25) is 0 Å². The first-order valence-electron chi connectivity index (χ1n) is 10.5. The first kappa shape index (κ1) is 26.4. The van der Waals surface area contributed by atoms with Crippen LogP contribution in [0.5, 0.6) is 5.75 Å². The molecule has 7 nitrogen and oxygen atoms in total. The smallest absolute Gasteiger partial charge is 0.263 e. The number of carbonyl (C=O) groups is 1. The number of carbonyl (C=O) groups excluding carboxylic acids is 1. The van der Waals surface area contributed by atoms with Crippen molar-refractivity contribution in [3.8, 4) is 5.75 Å². The van der Waals surface area contributed by atoms with Gasteiger partial charge in [-0.15, -0.1) is 24.8 Å². The Bertz CT molecular complexity index is 1100. The predicted octanol–water partition coefficient (Wildman–Crippen LogP) is 4.15. The lowest BCUT2D eigenvalue weighted by molar-refractivity contribution is 0.102. The SMILES string of the molecule is Cc1ccn(C2CCNCC2)c(=O)c1C(=O)Nc1ccc(OCc2ccccn2)cc1.Cl.Cl. The Morgan fingerprint density at radius 2 is 1.85 bits per heavy atom. The van der Waals surface area contributed by atoms with Gasteiger partial charge in [-0.05, 0) is 80.9 Å². The highest BCUT2D eigenvalue weighted by Gasteiger charge is 2.21. The van der Waals surface area contributed by atoms with Crippen LogP contribution in [0.1, 0.15) is 40.5 Å². The Morgan fingerprint density at radius 3 is 2.52 bits per heavy atom. The number of hydrogen-bond donors (Lipinski definition) is 2. The summed E-state index contributed by atoms with van der Waals surface area (Å²) >= 11 is 0. The zero-order chi connectivity index (χ0) is 21.6. The van der Waals surface area contributed by atoms with E-state index < -0.39 is 5.91 Å². The summed E-state index contributed by atoms with van der Waals surface area (Å²) in [7, 11) is 0. The number of piperidine rings is 1. The predicted molar refractivity (Wildman–Crippen MR) is 134 cm³/mol. The van der Waals surface area contributed by atoms with E-state index in [1.54, 1.807) is 48.1 Å². The minimum absolute atomic E-state index is 0. The minimum atomic E-state index is -0.395. The standard InChI is InChI=1S/C24H26N4O3.2ClH/c1-17-11-15-28(20-9-13-25-14-10-20)24(30)22(17)23(29)27-18-5-7-21(8-6-18)31-16-19-4-2-3-12-26-19;;/h2-8,11-12,15,20,25H,9-10,13-14,16H2,1H3,(H,27,29);2*1H. The molecular formula is C24H28Cl2N4O3. The van der Waals surface area contributed by atoms with Crippen molar-refractivity contribution in [3.05, 3.63) is 88.1 Å². The molecule has 0 unspecified atom stereocenters. The van der Waals surface area contributed by atoms with Crippen LogP contribution in [0.25, 0.3) is 0 Å². The maximum absolute atomic E-state index is 13.1. The van der Waals surface area contributed by atoms with Crippen LogP contribution in [-0.2, 0) is 6.61 Å². The summed E-state index contributed by atoms with van der Waals surface area (Å²) in [6.07, 6.45) is 5.29. The van der Waals surface area contributed by atoms with E-state index in [9.17, 15) is 9.59 Å². The maximum atomic E-state index is 13.1. The van der Waals surface area contributed by atoms with E-state index in [0.717, 1.165) is 31.6 Å². The van der Waals surface area contributed by atoms with Crippen LogP contribution in [0.3, 0.4) is 0 Å². The van der Waals surface area contributed by atoms with Crippen molar-refractivity contribution in [2.24, 2.45) is 0 Å². The average molecular weight is 491 g/mol. The Hall–Kier alpha value is -2.87. The fourth-order valence-electron chi connectivity index (χ4n) is 3.76. The molecule has 0 radical (unpaired) electrons. The number of anilines is 1. The van der Waals surface area contributed by atoms with E-state index in [4.69, 9.17) is 4.74 Å². The van der Waals surface area contributed by atoms with E-state index in [-0.39, 0.29) is 42.0 Å². The molecule has 2 aromatic heterocycles. The van der Waals surface area contributed by atoms with E-state index in [2.05, 4.69) is 15.6 Å². The van der Waals surface area contributed by atoms with Gasteiger partial charge in [0.15, 0.2) is 0 Å². The van der Waals surface area contributed by atoms with Crippen molar-refractivity contribution >= 4 is 36.4 Å². The number of aromatic nitrogens is 2. The van der Waals surface area contributed by atoms with Gasteiger partial charge in [0, 0.05) is 24.1 Å². The van der Waals surface area contributed by atoms with Gasteiger partial charge in [0.2, 0.25) is 0 Å². The summed E-state index contributed by atoms with van der Waals surface area (Å²) in [5.74, 6) is 0.278. The fourth-order valence-corrected chi connectivity index (χ4v) is 3.76. The summed E-state index contributed by atoms with van der Waals surface area (Å²) in [4.78, 5) is 30.2. The number of rotatable bonds is 6. The van der Waals surface area contributed by atoms with Gasteiger partial charge in [0.25, 0.3) is 11.5 Å². The van der Waals surface area contributed by atoms with Crippen molar-refractivity contribution in [2.75, 3.05) is 18.4 Å². The van der Waals surface area contributed by atoms with Crippen molar-refractivity contribution < 1.29 is 9.53 Å². The highest BCUT2D eigenvalue weighted by atomic mass is 35.5. The van der Waals surface area contributed by atoms with Crippen LogP contribution >= 0.6 is 24.8 Å². The van der Waals surface area contributed by atoms with Gasteiger partial charge in [-0.1, -0.05) is 6.07 Å². The lowest BCUT2D eigenvalue weighted by atomic mass is 10.0. The van der Waals surface area contributed by atoms with E-state index >= 15 is 0 Å². The number of nitrogens with one attached hydrogen (secondary N) is 2. The third-order valence-electron chi connectivity index (χ3n) is 5.48. The quantitative estimate of drug-likeness (QED) is 0.541. The summed E-state index contributed by atoms with van der Waals surface area (Å²) in [6.45, 7) is 3.91. The lowest BCUT2D eigenvalue weighted by Crippen LogP contribution is -2.37. The molecule has 1 aromatic carbocycles. The number of benzene rings is 1. The van der Waals surface area contributed by atoms with Gasteiger partial charge >= 0.3 is 0 Å². The molecule has 3 heterocycles. The second kappa shape index (κ2) is 12.4. The van der Waals surface area contributed by atoms with Gasteiger partial charge in [0.1, 0.15) is 17.9 Å². The summed E-state index contributed by atoms with van der Waals surface area (Å²) < 4.78 is 7.43. The molecule has 4 rings (SSSR count). The molecule has 1 amide bonds. The van der Waals surface area contributed by atoms with Crippen molar-refractivity contribution in [1.82, 2.24) is 14.9 Å². The number of hydrogen-bond acceptors (Lipinski definition) is 5. The van der Waals surface area contributed by atoms with Crippen molar-refractivity contribution in [3.63, 3.8) is 0 Å². The molecule has 0 saturated carbocycles. The van der Waals surface area contributed by atoms with Gasteiger partial charge in [-0.3, -0.25) is 14.6 Å². The molecular weight excluding hydrogens is 463 g/mol. The Morgan fingerprint density at radius 1 is 1.12 bits per heavy atom. The molecule has 0 bridgehead atoms. The van der Waals surface area contributed by atoms with E-state index in [1.165, 1.54) is 0 Å². The molecule has 3 aromatic rings. The molecule has 0 aliphatic carbocycles. The third-order valence-corrected chi connectivity index (χ3v) is 5.48. The minimum Gasteiger partial charge on any atom is -0.487 e. The molecule has 1 fully saturated rings. The zero-order valence-corrected chi connectivity index (χ0v) is 20.0. The fraction of sp³-hybridized carbons (Fsp3) is 0.292. The first-order valence-corrected chi connectivity index (χ1v) is 10.5. The summed E-state index contributed by atoms with van der Waals surface area (Å²) in [5.41, 5.74) is 2.06. The largest absolute Gasteiger partial charge is 0.487 e. The summed E-state index contributed by atoms with van der Waals surface area (Å²) in [6, 6.07) is 14.7. The number of ether oxygens (including phenoxy) is 1. The Labute approximate surface area is 205 Å². The zero-order valence-electron chi connectivity index (χ0n) is 18.3. The highest BCUT2D eigenvalue weighted by molar-refractivity contribution is 6.05. The topological polar surface area (TPSA) is 85.2 Å². The van der Waals surface area contributed by atoms with Crippen LogP contribution in [-0.4, -0.2) is 28.5 Å². The van der Waals surface area contributed by atoms with Gasteiger partial charge in [-0.25, -0.2) is 0 Å². The van der Waals surface area contributed by atoms with Crippen molar-refractivity contribution in [1.29, 1.82) is 0 Å². The van der Waals surface area contributed by atoms with E-state index in [0.29, 0.717) is 23.6 Å². The number of pyridine rings is 2. The van der Waals surface area contributed by atoms with E-state index in [1.807, 2.05) is 24.3 Å². The third kappa shape index (κ3) is 6.57. The van der Waals surface area contributed by atoms with Gasteiger partial charge in [0.05, 0.1) is 5.69 Å². The number of halogens is 2. The molecule has 0 spiro atoms. The van der Waals surface area contributed by atoms with Crippen LogP contribution < -0.4 is 20.9 Å². The van der Waals surface area contributed by atoms with Crippen LogP contribution in [0.15, 0.2) is 65.7 Å². The molecule has 1 aliphatic heterocycles. The Kier molecular flexibility index (Phi) is 9.91. The van der Waals surface area contributed by atoms with Gasteiger partial charge in [-0.2, -0.15) is 0 Å². The molecule has 2 N–H and O–H groups in total.